The zero-order valence-corrected chi connectivity index (χ0v) is 12.6. The Kier molecular flexibility index (Phi) is 3.37. The normalized spacial score (nSPS) is 13.2. The number of aromatic hydroxyl groups is 1. The smallest absolute Gasteiger partial charge is 0.280 e. The van der Waals surface area contributed by atoms with Crippen molar-refractivity contribution < 1.29 is 19.5 Å². The van der Waals surface area contributed by atoms with E-state index in [9.17, 15) is 19.5 Å². The summed E-state index contributed by atoms with van der Waals surface area (Å²) in [5.41, 5.74) is 4.53. The Bertz CT molecular complexity index is 817. The van der Waals surface area contributed by atoms with Crippen molar-refractivity contribution in [3.8, 4) is 5.75 Å². The van der Waals surface area contributed by atoms with Crippen LogP contribution in [0.1, 0.15) is 42.2 Å². The van der Waals surface area contributed by atoms with Gasteiger partial charge in [-0.25, -0.2) is 0 Å². The zero-order chi connectivity index (χ0) is 16.7. The molecule has 23 heavy (non-hydrogen) atoms. The fraction of sp³-hybridized carbons (Fsp3) is 0.118. The Morgan fingerprint density at radius 3 is 2.04 bits per heavy atom. The highest BCUT2D eigenvalue weighted by molar-refractivity contribution is 6.22. The summed E-state index contributed by atoms with van der Waals surface area (Å²) < 4.78 is 0. The average molecular weight is 310 g/mol. The third kappa shape index (κ3) is 2.34. The molecule has 0 aromatic heterocycles. The summed E-state index contributed by atoms with van der Waals surface area (Å²) in [5, 5.41) is 10.4. The largest absolute Gasteiger partial charge is 0.507 e. The minimum absolute atomic E-state index is 0.0172. The SMILES string of the molecule is Cc1cc2c(cc1C)C(=O)N(NC(=O)c1ccccc1O)C2=O. The first kappa shape index (κ1) is 14.8. The molecule has 2 N–H and O–H groups in total. The summed E-state index contributed by atoms with van der Waals surface area (Å²) in [6.45, 7) is 3.69. The second-order valence-electron chi connectivity index (χ2n) is 5.39. The predicted molar refractivity (Wildman–Crippen MR) is 82.0 cm³/mol. The van der Waals surface area contributed by atoms with Crippen LogP contribution in [0, 0.1) is 13.8 Å². The van der Waals surface area contributed by atoms with Gasteiger partial charge in [-0.15, -0.1) is 0 Å². The Morgan fingerprint density at radius 1 is 1.00 bits per heavy atom. The van der Waals surface area contributed by atoms with Crippen LogP contribution in [-0.4, -0.2) is 27.8 Å². The molecule has 0 atom stereocenters. The monoisotopic (exact) mass is 310 g/mol. The van der Waals surface area contributed by atoms with Crippen molar-refractivity contribution in [2.24, 2.45) is 0 Å². The lowest BCUT2D eigenvalue weighted by Crippen LogP contribution is -2.45. The van der Waals surface area contributed by atoms with Gasteiger partial charge in [0.2, 0.25) is 0 Å². The number of rotatable bonds is 2. The van der Waals surface area contributed by atoms with Gasteiger partial charge in [-0.3, -0.25) is 19.8 Å². The molecular weight excluding hydrogens is 296 g/mol. The molecule has 6 heteroatoms. The number of para-hydroxylation sites is 1. The zero-order valence-electron chi connectivity index (χ0n) is 12.6. The molecule has 3 rings (SSSR count). The van der Waals surface area contributed by atoms with E-state index in [1.165, 1.54) is 12.1 Å². The van der Waals surface area contributed by atoms with E-state index in [4.69, 9.17) is 0 Å². The van der Waals surface area contributed by atoms with Gasteiger partial charge in [0, 0.05) is 0 Å². The first-order valence-corrected chi connectivity index (χ1v) is 6.99. The summed E-state index contributed by atoms with van der Waals surface area (Å²) in [6, 6.07) is 9.17. The van der Waals surface area contributed by atoms with Gasteiger partial charge in [-0.1, -0.05) is 12.1 Å². The maximum absolute atomic E-state index is 12.4. The lowest BCUT2D eigenvalue weighted by Gasteiger charge is -2.15. The van der Waals surface area contributed by atoms with Gasteiger partial charge in [0.15, 0.2) is 0 Å². The number of fused-ring (bicyclic) bond motifs is 1. The van der Waals surface area contributed by atoms with Crippen molar-refractivity contribution >= 4 is 17.7 Å². The molecule has 116 valence electrons. The van der Waals surface area contributed by atoms with Gasteiger partial charge >= 0.3 is 0 Å². The molecule has 0 radical (unpaired) electrons. The van der Waals surface area contributed by atoms with Gasteiger partial charge in [0.1, 0.15) is 5.75 Å². The number of hydrogen-bond donors (Lipinski definition) is 2. The standard InChI is InChI=1S/C17H14N2O4/c1-9-7-12-13(8-10(9)2)17(23)19(16(12)22)18-15(21)11-5-3-4-6-14(11)20/h3-8,20H,1-2H3,(H,18,21). The average Bonchev–Trinajstić information content (AvgIpc) is 2.73. The van der Waals surface area contributed by atoms with Gasteiger partial charge < -0.3 is 5.11 Å². The number of hydrazine groups is 1. The maximum Gasteiger partial charge on any atom is 0.280 e. The van der Waals surface area contributed by atoms with Crippen LogP contribution < -0.4 is 5.43 Å². The van der Waals surface area contributed by atoms with E-state index in [1.54, 1.807) is 24.3 Å². The molecule has 1 aliphatic heterocycles. The Balaban J connectivity index is 1.91. The van der Waals surface area contributed by atoms with Gasteiger partial charge in [-0.2, -0.15) is 5.01 Å². The summed E-state index contributed by atoms with van der Waals surface area (Å²) in [7, 11) is 0. The van der Waals surface area contributed by atoms with Crippen molar-refractivity contribution in [3.05, 3.63) is 64.2 Å². The molecule has 0 unspecified atom stereocenters. The van der Waals surface area contributed by atoms with Crippen molar-refractivity contribution in [2.75, 3.05) is 0 Å². The van der Waals surface area contributed by atoms with E-state index in [1.807, 2.05) is 13.8 Å². The van der Waals surface area contributed by atoms with Crippen molar-refractivity contribution in [1.29, 1.82) is 0 Å². The first-order valence-electron chi connectivity index (χ1n) is 6.99. The molecule has 0 saturated carbocycles. The molecule has 1 aliphatic rings. The van der Waals surface area contributed by atoms with Crippen molar-refractivity contribution in [1.82, 2.24) is 10.4 Å². The highest BCUT2D eigenvalue weighted by atomic mass is 16.3. The lowest BCUT2D eigenvalue weighted by molar-refractivity contribution is 0.0517. The second-order valence-corrected chi connectivity index (χ2v) is 5.39. The summed E-state index contributed by atoms with van der Waals surface area (Å²) in [4.78, 5) is 36.9. The fourth-order valence-corrected chi connectivity index (χ4v) is 2.43. The third-order valence-electron chi connectivity index (χ3n) is 3.86. The molecule has 0 fully saturated rings. The molecular formula is C17H14N2O4. The van der Waals surface area contributed by atoms with E-state index in [0.29, 0.717) is 5.01 Å². The Labute approximate surface area is 132 Å². The van der Waals surface area contributed by atoms with E-state index in [-0.39, 0.29) is 22.4 Å². The van der Waals surface area contributed by atoms with Crippen LogP contribution in [0.25, 0.3) is 0 Å². The van der Waals surface area contributed by atoms with Gasteiger partial charge in [-0.05, 0) is 49.2 Å². The Morgan fingerprint density at radius 2 is 1.52 bits per heavy atom. The van der Waals surface area contributed by atoms with Gasteiger partial charge in [0.05, 0.1) is 16.7 Å². The quantitative estimate of drug-likeness (QED) is 0.830. The molecule has 0 spiro atoms. The number of carbonyl (C=O) groups excluding carboxylic acids is 3. The molecule has 3 amide bonds. The van der Waals surface area contributed by atoms with Crippen molar-refractivity contribution in [2.45, 2.75) is 13.8 Å². The van der Waals surface area contributed by atoms with Crippen LogP contribution in [0.15, 0.2) is 36.4 Å². The minimum Gasteiger partial charge on any atom is -0.507 e. The van der Waals surface area contributed by atoms with E-state index in [2.05, 4.69) is 5.43 Å². The maximum atomic E-state index is 12.4. The number of benzene rings is 2. The number of nitrogens with zero attached hydrogens (tertiary/aromatic N) is 1. The molecule has 0 bridgehead atoms. The molecule has 0 saturated heterocycles. The topological polar surface area (TPSA) is 86.7 Å². The second kappa shape index (κ2) is 5.24. The number of phenolic OH excluding ortho intramolecular Hbond substituents is 1. The first-order chi connectivity index (χ1) is 10.9. The summed E-state index contributed by atoms with van der Waals surface area (Å²) in [5.74, 6) is -2.13. The molecule has 1 heterocycles. The van der Waals surface area contributed by atoms with Crippen molar-refractivity contribution in [3.63, 3.8) is 0 Å². The number of aryl methyl sites for hydroxylation is 2. The number of carbonyl (C=O) groups is 3. The molecule has 2 aromatic carbocycles. The summed E-state index contributed by atoms with van der Waals surface area (Å²) >= 11 is 0. The summed E-state index contributed by atoms with van der Waals surface area (Å²) in [6.07, 6.45) is 0. The molecule has 0 aliphatic carbocycles. The number of amides is 3. The van der Waals surface area contributed by atoms with Crippen LogP contribution in [0.3, 0.4) is 0 Å². The fourth-order valence-electron chi connectivity index (χ4n) is 2.43. The highest BCUT2D eigenvalue weighted by Gasteiger charge is 2.37. The van der Waals surface area contributed by atoms with Crippen LogP contribution >= 0.6 is 0 Å². The van der Waals surface area contributed by atoms with Gasteiger partial charge in [0.25, 0.3) is 17.7 Å². The number of imide groups is 1. The van der Waals surface area contributed by atoms with Crippen LogP contribution in [-0.2, 0) is 0 Å². The van der Waals surface area contributed by atoms with E-state index >= 15 is 0 Å². The molecule has 2 aromatic rings. The number of hydrogen-bond acceptors (Lipinski definition) is 4. The predicted octanol–water partition coefficient (Wildman–Crippen LogP) is 1.95. The lowest BCUT2D eigenvalue weighted by atomic mass is 10.0. The highest BCUT2D eigenvalue weighted by Crippen LogP contribution is 2.25. The minimum atomic E-state index is -0.731. The van der Waals surface area contributed by atoms with Crippen LogP contribution in [0.2, 0.25) is 0 Å². The number of phenols is 1. The molecule has 6 nitrogen and oxygen atoms in total. The Hall–Kier alpha value is -3.15. The van der Waals surface area contributed by atoms with E-state index in [0.717, 1.165) is 11.1 Å². The van der Waals surface area contributed by atoms with E-state index < -0.39 is 17.7 Å². The number of nitrogens with one attached hydrogen (secondary N) is 1. The third-order valence-corrected chi connectivity index (χ3v) is 3.86. The van der Waals surface area contributed by atoms with Crippen LogP contribution in [0.5, 0.6) is 5.75 Å². The van der Waals surface area contributed by atoms with Crippen LogP contribution in [0.4, 0.5) is 0 Å².